The monoisotopic (exact) mass is 272 g/mol. The second-order valence-corrected chi connectivity index (χ2v) is 6.55. The highest BCUT2D eigenvalue weighted by atomic mass is 16.6. The topological polar surface area (TPSA) is 71.0 Å². The Morgan fingerprint density at radius 3 is 2.79 bits per heavy atom. The molecule has 6 nitrogen and oxygen atoms in total. The van der Waals surface area contributed by atoms with Gasteiger partial charge in [0.1, 0.15) is 5.60 Å². The lowest BCUT2D eigenvalue weighted by atomic mass is 9.94. The van der Waals surface area contributed by atoms with Gasteiger partial charge in [-0.1, -0.05) is 0 Å². The minimum atomic E-state index is -0.652. The molecule has 0 aromatic rings. The number of nitrogens with zero attached hydrogens (tertiary/aromatic N) is 1. The number of aliphatic hydroxyl groups is 1. The molecule has 0 aromatic carbocycles. The lowest BCUT2D eigenvalue weighted by Gasteiger charge is -2.40. The van der Waals surface area contributed by atoms with Crippen molar-refractivity contribution in [2.75, 3.05) is 26.3 Å². The first-order valence-corrected chi connectivity index (χ1v) is 6.73. The van der Waals surface area contributed by atoms with Crippen molar-refractivity contribution in [1.29, 1.82) is 0 Å². The molecule has 1 amide bonds. The molecule has 6 heteroatoms. The van der Waals surface area contributed by atoms with Crippen molar-refractivity contribution in [1.82, 2.24) is 10.2 Å². The highest BCUT2D eigenvalue weighted by Gasteiger charge is 2.52. The van der Waals surface area contributed by atoms with Crippen LogP contribution in [0.5, 0.6) is 0 Å². The van der Waals surface area contributed by atoms with Gasteiger partial charge in [-0.15, -0.1) is 0 Å². The Balaban J connectivity index is 1.97. The van der Waals surface area contributed by atoms with Gasteiger partial charge in [0.2, 0.25) is 0 Å². The third kappa shape index (κ3) is 3.01. The van der Waals surface area contributed by atoms with Crippen LogP contribution in [0.25, 0.3) is 0 Å². The summed E-state index contributed by atoms with van der Waals surface area (Å²) < 4.78 is 10.7. The number of fused-ring (bicyclic) bond motifs is 1. The predicted molar refractivity (Wildman–Crippen MR) is 70.0 cm³/mol. The van der Waals surface area contributed by atoms with E-state index in [0.29, 0.717) is 19.8 Å². The number of aliphatic hydroxyl groups excluding tert-OH is 1. The van der Waals surface area contributed by atoms with Crippen molar-refractivity contribution in [3.05, 3.63) is 0 Å². The Bertz CT molecular complexity index is 355. The normalized spacial score (nSPS) is 35.8. The lowest BCUT2D eigenvalue weighted by molar-refractivity contribution is -0.0785. The summed E-state index contributed by atoms with van der Waals surface area (Å²) in [6.45, 7) is 9.97. The number of alkyl carbamates (subject to hydrolysis) is 1. The second-order valence-electron chi connectivity index (χ2n) is 6.55. The number of amides is 1. The van der Waals surface area contributed by atoms with E-state index in [1.54, 1.807) is 0 Å². The van der Waals surface area contributed by atoms with Gasteiger partial charge < -0.3 is 19.9 Å². The average Bonchev–Trinajstić information content (AvgIpc) is 2.50. The van der Waals surface area contributed by atoms with E-state index in [9.17, 15) is 9.90 Å². The highest BCUT2D eigenvalue weighted by molar-refractivity contribution is 5.68. The van der Waals surface area contributed by atoms with Crippen LogP contribution in [-0.4, -0.2) is 65.7 Å². The maximum absolute atomic E-state index is 11.8. The van der Waals surface area contributed by atoms with Crippen molar-refractivity contribution in [2.45, 2.75) is 51.0 Å². The molecule has 2 fully saturated rings. The molecule has 0 aromatic heterocycles. The smallest absolute Gasteiger partial charge is 0.408 e. The highest BCUT2D eigenvalue weighted by Crippen LogP contribution is 2.32. The van der Waals surface area contributed by atoms with Gasteiger partial charge in [-0.25, -0.2) is 4.79 Å². The van der Waals surface area contributed by atoms with Gasteiger partial charge in [-0.3, -0.25) is 4.90 Å². The van der Waals surface area contributed by atoms with Gasteiger partial charge in [-0.2, -0.15) is 0 Å². The van der Waals surface area contributed by atoms with Crippen molar-refractivity contribution in [3.63, 3.8) is 0 Å². The molecule has 110 valence electrons. The first-order valence-electron chi connectivity index (χ1n) is 6.73. The summed E-state index contributed by atoms with van der Waals surface area (Å²) in [5.41, 5.74) is -0.953. The predicted octanol–water partition coefficient (Wildman–Crippen LogP) is 0.345. The fourth-order valence-corrected chi connectivity index (χ4v) is 2.73. The number of ether oxygens (including phenoxy) is 2. The van der Waals surface area contributed by atoms with E-state index < -0.39 is 23.3 Å². The zero-order valence-corrected chi connectivity index (χ0v) is 12.1. The zero-order chi connectivity index (χ0) is 14.3. The molecular weight excluding hydrogens is 248 g/mol. The van der Waals surface area contributed by atoms with Crippen molar-refractivity contribution in [2.24, 2.45) is 0 Å². The van der Waals surface area contributed by atoms with Crippen LogP contribution in [0, 0.1) is 0 Å². The Hall–Kier alpha value is -0.850. The Kier molecular flexibility index (Phi) is 3.77. The summed E-state index contributed by atoms with van der Waals surface area (Å²) in [4.78, 5) is 13.9. The minimum Gasteiger partial charge on any atom is -0.444 e. The van der Waals surface area contributed by atoms with Crippen LogP contribution in [-0.2, 0) is 9.47 Å². The van der Waals surface area contributed by atoms with E-state index >= 15 is 0 Å². The van der Waals surface area contributed by atoms with Gasteiger partial charge >= 0.3 is 6.09 Å². The number of morpholine rings is 1. The zero-order valence-electron chi connectivity index (χ0n) is 12.1. The van der Waals surface area contributed by atoms with Crippen LogP contribution >= 0.6 is 0 Å². The third-order valence-corrected chi connectivity index (χ3v) is 3.76. The van der Waals surface area contributed by atoms with Crippen LogP contribution in [0.1, 0.15) is 27.7 Å². The molecule has 0 radical (unpaired) electrons. The number of nitrogens with one attached hydrogen (secondary N) is 1. The van der Waals surface area contributed by atoms with Gasteiger partial charge in [0.25, 0.3) is 0 Å². The van der Waals surface area contributed by atoms with Crippen LogP contribution in [0.3, 0.4) is 0 Å². The second kappa shape index (κ2) is 4.92. The van der Waals surface area contributed by atoms with E-state index in [0.717, 1.165) is 6.54 Å². The molecule has 2 saturated heterocycles. The SMILES string of the molecule is CC(C)(C)OC(=O)N[C@H]1CN2CCOCC2(C)[C@H]1O. The fourth-order valence-electron chi connectivity index (χ4n) is 2.73. The molecule has 0 bridgehead atoms. The van der Waals surface area contributed by atoms with Gasteiger partial charge in [0.15, 0.2) is 0 Å². The van der Waals surface area contributed by atoms with Crippen molar-refractivity contribution in [3.8, 4) is 0 Å². The maximum atomic E-state index is 11.8. The number of rotatable bonds is 1. The molecule has 1 unspecified atom stereocenters. The van der Waals surface area contributed by atoms with E-state index in [-0.39, 0.29) is 6.04 Å². The van der Waals surface area contributed by atoms with E-state index in [4.69, 9.17) is 9.47 Å². The van der Waals surface area contributed by atoms with Crippen LogP contribution in [0.2, 0.25) is 0 Å². The van der Waals surface area contributed by atoms with E-state index in [2.05, 4.69) is 10.2 Å². The quantitative estimate of drug-likeness (QED) is 0.720. The largest absolute Gasteiger partial charge is 0.444 e. The molecule has 0 saturated carbocycles. The first kappa shape index (κ1) is 14.6. The van der Waals surface area contributed by atoms with E-state index in [1.807, 2.05) is 27.7 Å². The molecule has 2 heterocycles. The number of carbonyl (C=O) groups is 1. The third-order valence-electron chi connectivity index (χ3n) is 3.76. The minimum absolute atomic E-state index is 0.318. The molecule has 3 atom stereocenters. The summed E-state index contributed by atoms with van der Waals surface area (Å²) in [6, 6.07) is -0.318. The van der Waals surface area contributed by atoms with Gasteiger partial charge in [0.05, 0.1) is 30.9 Å². The molecule has 2 aliphatic rings. The molecule has 19 heavy (non-hydrogen) atoms. The summed E-state index contributed by atoms with van der Waals surface area (Å²) >= 11 is 0. The number of hydrogen-bond acceptors (Lipinski definition) is 5. The van der Waals surface area contributed by atoms with E-state index in [1.165, 1.54) is 0 Å². The molecule has 2 N–H and O–H groups in total. The summed E-state index contributed by atoms with van der Waals surface area (Å²) in [6.07, 6.45) is -1.14. The van der Waals surface area contributed by atoms with Crippen LogP contribution in [0.15, 0.2) is 0 Å². The van der Waals surface area contributed by atoms with Gasteiger partial charge in [-0.05, 0) is 27.7 Å². The average molecular weight is 272 g/mol. The van der Waals surface area contributed by atoms with Crippen molar-refractivity contribution >= 4 is 6.09 Å². The lowest BCUT2D eigenvalue weighted by Crippen LogP contribution is -2.57. The van der Waals surface area contributed by atoms with Gasteiger partial charge in [0, 0.05) is 13.1 Å². The maximum Gasteiger partial charge on any atom is 0.408 e. The Morgan fingerprint density at radius 2 is 2.21 bits per heavy atom. The number of hydrogen-bond donors (Lipinski definition) is 2. The molecule has 0 spiro atoms. The standard InChI is InChI=1S/C13H24N2O4/c1-12(2,3)19-11(17)14-9-7-15-5-6-18-8-13(15,4)10(9)16/h9-10,16H,5-8H2,1-4H3,(H,14,17)/t9-,10-,13?/m0/s1. The first-order chi connectivity index (χ1) is 8.72. The summed E-state index contributed by atoms with van der Waals surface area (Å²) in [7, 11) is 0. The summed E-state index contributed by atoms with van der Waals surface area (Å²) in [5, 5.41) is 13.2. The Morgan fingerprint density at radius 1 is 1.53 bits per heavy atom. The molecule has 0 aliphatic carbocycles. The van der Waals surface area contributed by atoms with Crippen LogP contribution in [0.4, 0.5) is 4.79 Å². The fraction of sp³-hybridized carbons (Fsp3) is 0.923. The molecule has 2 rings (SSSR count). The Labute approximate surface area is 114 Å². The van der Waals surface area contributed by atoms with Crippen molar-refractivity contribution < 1.29 is 19.4 Å². The van der Waals surface area contributed by atoms with Crippen LogP contribution < -0.4 is 5.32 Å². The summed E-state index contributed by atoms with van der Waals surface area (Å²) in [5.74, 6) is 0. The molecular formula is C13H24N2O4. The molecule has 2 aliphatic heterocycles. The number of carbonyl (C=O) groups excluding carboxylic acids is 1.